The molecule has 0 aliphatic heterocycles. The molecular weight excluding hydrogens is 467 g/mol. The van der Waals surface area contributed by atoms with Crippen LogP contribution in [0.25, 0.3) is 6.08 Å². The van der Waals surface area contributed by atoms with Crippen LogP contribution in [0.2, 0.25) is 5.02 Å². The summed E-state index contributed by atoms with van der Waals surface area (Å²) in [4.78, 5) is 12.6. The molecule has 5 nitrogen and oxygen atoms in total. The summed E-state index contributed by atoms with van der Waals surface area (Å²) in [5, 5.41) is 12.8. The van der Waals surface area contributed by atoms with Gasteiger partial charge >= 0.3 is 0 Å². The third-order valence-corrected chi connectivity index (χ3v) is 5.10. The number of hydrogen-bond acceptors (Lipinski definition) is 4. The van der Waals surface area contributed by atoms with Gasteiger partial charge in [0.15, 0.2) is 11.5 Å². The number of nitrogens with one attached hydrogen (secondary N) is 1. The van der Waals surface area contributed by atoms with Gasteiger partial charge < -0.3 is 14.8 Å². The Morgan fingerprint density at radius 2 is 1.94 bits per heavy atom. The molecular formula is C28H24ClFN2O3. The number of rotatable bonds is 10. The van der Waals surface area contributed by atoms with Gasteiger partial charge in [0.25, 0.3) is 5.91 Å². The van der Waals surface area contributed by atoms with E-state index in [-0.39, 0.29) is 12.2 Å². The summed E-state index contributed by atoms with van der Waals surface area (Å²) >= 11 is 6.08. The van der Waals surface area contributed by atoms with Crippen LogP contribution in [-0.2, 0) is 17.8 Å². The lowest BCUT2D eigenvalue weighted by atomic mass is 10.0. The Kier molecular flexibility index (Phi) is 9.05. The molecule has 1 N–H and O–H groups in total. The lowest BCUT2D eigenvalue weighted by Crippen LogP contribution is -2.13. The lowest BCUT2D eigenvalue weighted by Gasteiger charge is -2.17. The van der Waals surface area contributed by atoms with Crippen molar-refractivity contribution in [2.24, 2.45) is 0 Å². The van der Waals surface area contributed by atoms with E-state index in [1.807, 2.05) is 37.3 Å². The first kappa shape index (κ1) is 25.5. The fourth-order valence-electron chi connectivity index (χ4n) is 3.33. The molecule has 0 bridgehead atoms. The molecule has 7 heteroatoms. The van der Waals surface area contributed by atoms with Crippen molar-refractivity contribution < 1.29 is 18.7 Å². The smallest absolute Gasteiger partial charge is 0.266 e. The van der Waals surface area contributed by atoms with Crippen molar-refractivity contribution in [2.75, 3.05) is 11.9 Å². The number of benzene rings is 3. The molecule has 0 aliphatic carbocycles. The molecule has 3 rings (SSSR count). The van der Waals surface area contributed by atoms with Crippen LogP contribution in [0.1, 0.15) is 23.6 Å². The van der Waals surface area contributed by atoms with Gasteiger partial charge in [0, 0.05) is 16.3 Å². The Balaban J connectivity index is 1.92. The van der Waals surface area contributed by atoms with E-state index in [9.17, 15) is 14.4 Å². The van der Waals surface area contributed by atoms with Crippen LogP contribution in [-0.4, -0.2) is 12.5 Å². The number of carbonyl (C=O) groups excluding carboxylic acids is 1. The largest absolute Gasteiger partial charge is 0.490 e. The number of halogens is 2. The molecule has 0 saturated heterocycles. The van der Waals surface area contributed by atoms with Crippen molar-refractivity contribution in [1.82, 2.24) is 0 Å². The zero-order chi connectivity index (χ0) is 25.2. The SMILES string of the molecule is C=CCc1cc(/C=C(\C#N)C(=O)Nc2ccc(F)cc2)cc(OCC)c1OCc1cccc(Cl)c1. The number of anilines is 1. The fourth-order valence-corrected chi connectivity index (χ4v) is 3.54. The van der Waals surface area contributed by atoms with Gasteiger partial charge in [-0.25, -0.2) is 4.39 Å². The molecule has 3 aromatic rings. The van der Waals surface area contributed by atoms with E-state index in [0.29, 0.717) is 40.8 Å². The minimum absolute atomic E-state index is 0.117. The predicted molar refractivity (Wildman–Crippen MR) is 136 cm³/mol. The normalized spacial score (nSPS) is 10.9. The van der Waals surface area contributed by atoms with Crippen LogP contribution < -0.4 is 14.8 Å². The maximum atomic E-state index is 13.1. The third kappa shape index (κ3) is 7.20. The standard InChI is InChI=1S/C28H24ClFN2O3/c1-3-6-21-13-20(14-22(17-31)28(33)32-25-11-9-24(30)10-12-25)16-26(34-4-2)27(21)35-18-19-7-5-8-23(29)15-19/h3,5,7-16H,1,4,6,18H2,2H3,(H,32,33)/b22-14+. The number of amides is 1. The van der Waals surface area contributed by atoms with E-state index in [1.54, 1.807) is 18.2 Å². The van der Waals surface area contributed by atoms with Gasteiger partial charge in [0.1, 0.15) is 24.1 Å². The highest BCUT2D eigenvalue weighted by Crippen LogP contribution is 2.35. The summed E-state index contributed by atoms with van der Waals surface area (Å²) in [7, 11) is 0. The van der Waals surface area contributed by atoms with Gasteiger partial charge in [0.2, 0.25) is 0 Å². The molecule has 0 atom stereocenters. The van der Waals surface area contributed by atoms with Gasteiger partial charge in [0.05, 0.1) is 6.61 Å². The quantitative estimate of drug-likeness (QED) is 0.194. The molecule has 0 fully saturated rings. The van der Waals surface area contributed by atoms with Crippen molar-refractivity contribution in [2.45, 2.75) is 20.0 Å². The van der Waals surface area contributed by atoms with Crippen LogP contribution >= 0.6 is 11.6 Å². The molecule has 0 spiro atoms. The first-order valence-electron chi connectivity index (χ1n) is 10.9. The average Bonchev–Trinajstić information content (AvgIpc) is 2.84. The molecule has 0 unspecified atom stereocenters. The van der Waals surface area contributed by atoms with Crippen LogP contribution in [0, 0.1) is 17.1 Å². The molecule has 0 saturated carbocycles. The molecule has 3 aromatic carbocycles. The number of allylic oxidation sites excluding steroid dienone is 1. The minimum Gasteiger partial charge on any atom is -0.490 e. The number of hydrogen-bond donors (Lipinski definition) is 1. The topological polar surface area (TPSA) is 71.4 Å². The number of carbonyl (C=O) groups is 1. The van der Waals surface area contributed by atoms with E-state index in [0.717, 1.165) is 11.1 Å². The van der Waals surface area contributed by atoms with Crippen molar-refractivity contribution >= 4 is 29.3 Å². The van der Waals surface area contributed by atoms with Crippen molar-refractivity contribution in [3.63, 3.8) is 0 Å². The maximum Gasteiger partial charge on any atom is 0.266 e. The molecule has 35 heavy (non-hydrogen) atoms. The van der Waals surface area contributed by atoms with Crippen molar-refractivity contribution in [3.8, 4) is 17.6 Å². The molecule has 0 aromatic heterocycles. The average molecular weight is 491 g/mol. The molecule has 0 radical (unpaired) electrons. The molecule has 0 aliphatic rings. The van der Waals surface area contributed by atoms with Gasteiger partial charge in [-0.15, -0.1) is 6.58 Å². The summed E-state index contributed by atoms with van der Waals surface area (Å²) in [6.07, 6.45) is 3.68. The van der Waals surface area contributed by atoms with Crippen LogP contribution in [0.5, 0.6) is 11.5 Å². The Morgan fingerprint density at radius 3 is 2.60 bits per heavy atom. The van der Waals surface area contributed by atoms with Gasteiger partial charge in [-0.1, -0.05) is 29.8 Å². The highest BCUT2D eigenvalue weighted by Gasteiger charge is 2.15. The fraction of sp³-hybridized carbons (Fsp3) is 0.143. The monoisotopic (exact) mass is 490 g/mol. The lowest BCUT2D eigenvalue weighted by molar-refractivity contribution is -0.112. The third-order valence-electron chi connectivity index (χ3n) is 4.87. The van der Waals surface area contributed by atoms with Crippen LogP contribution in [0.15, 0.2) is 78.9 Å². The van der Waals surface area contributed by atoms with Gasteiger partial charge in [-0.2, -0.15) is 5.26 Å². The summed E-state index contributed by atoms with van der Waals surface area (Å²) in [6.45, 7) is 6.35. The highest BCUT2D eigenvalue weighted by atomic mass is 35.5. The van der Waals surface area contributed by atoms with Gasteiger partial charge in [-0.3, -0.25) is 4.79 Å². The van der Waals surface area contributed by atoms with E-state index in [4.69, 9.17) is 21.1 Å². The molecule has 178 valence electrons. The van der Waals surface area contributed by atoms with Crippen molar-refractivity contribution in [3.05, 3.63) is 106 Å². The highest BCUT2D eigenvalue weighted by molar-refractivity contribution is 6.30. The Hall–Kier alpha value is -4.08. The first-order chi connectivity index (χ1) is 16.9. The predicted octanol–water partition coefficient (Wildman–Crippen LogP) is 6.73. The molecule has 0 heterocycles. The second-order valence-electron chi connectivity index (χ2n) is 7.48. The number of nitrogens with zero attached hydrogens (tertiary/aromatic N) is 1. The summed E-state index contributed by atoms with van der Waals surface area (Å²) in [5.74, 6) is 0.00745. The van der Waals surface area contributed by atoms with E-state index >= 15 is 0 Å². The zero-order valence-electron chi connectivity index (χ0n) is 19.2. The number of nitriles is 1. The zero-order valence-corrected chi connectivity index (χ0v) is 19.9. The number of ether oxygens (including phenoxy) is 2. The van der Waals surface area contributed by atoms with Crippen LogP contribution in [0.4, 0.5) is 10.1 Å². The second kappa shape index (κ2) is 12.4. The van der Waals surface area contributed by atoms with E-state index in [1.165, 1.54) is 30.3 Å². The van der Waals surface area contributed by atoms with E-state index < -0.39 is 11.7 Å². The molecule has 1 amide bonds. The Bertz CT molecular complexity index is 1280. The summed E-state index contributed by atoms with van der Waals surface area (Å²) in [5.41, 5.74) is 2.54. The van der Waals surface area contributed by atoms with Gasteiger partial charge in [-0.05, 0) is 79.1 Å². The summed E-state index contributed by atoms with van der Waals surface area (Å²) in [6, 6.07) is 18.1. The first-order valence-corrected chi connectivity index (χ1v) is 11.3. The van der Waals surface area contributed by atoms with Crippen LogP contribution in [0.3, 0.4) is 0 Å². The second-order valence-corrected chi connectivity index (χ2v) is 7.92. The minimum atomic E-state index is -0.608. The van der Waals surface area contributed by atoms with E-state index in [2.05, 4.69) is 11.9 Å². The van der Waals surface area contributed by atoms with Crippen molar-refractivity contribution in [1.29, 1.82) is 5.26 Å². The Morgan fingerprint density at radius 1 is 1.17 bits per heavy atom. The summed E-state index contributed by atoms with van der Waals surface area (Å²) < 4.78 is 25.1. The Labute approximate surface area is 209 Å². The maximum absolute atomic E-state index is 13.1.